The van der Waals surface area contributed by atoms with E-state index in [2.05, 4.69) is 35.2 Å². The average molecular weight is 1620 g/mol. The monoisotopic (exact) mass is 1620 g/mol. The van der Waals surface area contributed by atoms with E-state index in [4.69, 9.17) is 100 Å². The van der Waals surface area contributed by atoms with E-state index in [0.29, 0.717) is 43.7 Å². The third kappa shape index (κ3) is 28.3. The van der Waals surface area contributed by atoms with E-state index in [0.717, 1.165) is 20.8 Å². The maximum Gasteiger partial charge on any atom is 0.338 e. The predicted molar refractivity (Wildman–Crippen MR) is 359 cm³/mol. The second kappa shape index (κ2) is 46.5. The van der Waals surface area contributed by atoms with Crippen molar-refractivity contribution in [3.8, 4) is 0 Å². The van der Waals surface area contributed by atoms with Crippen LogP contribution < -0.4 is 16.0 Å². The normalized spacial score (nSPS) is 35.0. The van der Waals surface area contributed by atoms with E-state index < -0.39 is 284 Å². The van der Waals surface area contributed by atoms with Crippen molar-refractivity contribution in [2.24, 2.45) is 5.92 Å². The zero-order valence-electron chi connectivity index (χ0n) is 60.8. The molecule has 6 fully saturated rings. The number of aliphatic hydroxyl groups is 10. The number of esters is 4. The minimum atomic E-state index is -2.35. The number of hydrogen-bond acceptors (Lipinski definition) is 41. The smallest absolute Gasteiger partial charge is 0.338 e. The molecule has 14 N–H and O–H groups in total. The predicted octanol–water partition coefficient (Wildman–Crippen LogP) is -7.12. The second-order valence-electron chi connectivity index (χ2n) is 26.2. The zero-order chi connectivity index (χ0) is 80.3. The Labute approximate surface area is 634 Å². The van der Waals surface area contributed by atoms with Gasteiger partial charge in [-0.05, 0) is 13.8 Å². The molecule has 0 aromatic heterocycles. The fourth-order valence-corrected chi connectivity index (χ4v) is 12.7. The van der Waals surface area contributed by atoms with Crippen LogP contribution in [0, 0.1) is 5.92 Å². The van der Waals surface area contributed by atoms with Gasteiger partial charge in [-0.2, -0.15) is 24.4 Å². The summed E-state index contributed by atoms with van der Waals surface area (Å²) in [6.07, 6.45) is -45.5. The molecule has 29 atom stereocenters. The number of carboxylic acid groups (broad SMARTS) is 1. The van der Waals surface area contributed by atoms with Crippen LogP contribution in [0.5, 0.6) is 0 Å². The summed E-state index contributed by atoms with van der Waals surface area (Å²) in [4.78, 5) is 135. The molecule has 6 aliphatic rings. The molecule has 109 heavy (non-hydrogen) atoms. The number of thiol groups is 1. The lowest BCUT2D eigenvalue weighted by atomic mass is 9.97. The van der Waals surface area contributed by atoms with Crippen LogP contribution in [-0.4, -0.2) is 372 Å². The van der Waals surface area contributed by atoms with Crippen LogP contribution in [0.4, 0.5) is 0 Å². The standard InChI is InChI=1S/C64H103N3O40S2/c1-27(2)56(83)90-22-33(74)25-93-59(86)54-52(100-62-37(67-32(7)73)17-41(45(21-70)98-62)104-106-63-48(79)46(77)51(53(101-63)55(81)82)99-61-36(66-31(6)72)15-39(103-87-8)43(19-68)97-61)47(78)49(80)64(102-54)107-105-40-16-35(65-30(5)71)60(96-44(40)20-69)95-42-18-38(76)29(4)94-50(42)58(85)92-24-34(75)23-91-57(84)28(3)26-109-14-12-89-10-9-88-11-13-108/h28-29,33-54,60-64,68-70,74-80,108H,1,9-26H2,2-8H3,(H,65,71)(H,66,72)(H,67,73)(H,81,82)/t28?,29?,33?,34?,35-,36-,37?,38?,39?,40-,41-,42+,43-,44?,45?,46?,47?,48?,49?,50?,51+,52+,53?,54?,60+,61-,62?,63?,64?/m0/s1. The van der Waals surface area contributed by atoms with Gasteiger partial charge in [0.25, 0.3) is 0 Å². The molecule has 45 heteroatoms. The van der Waals surface area contributed by atoms with Gasteiger partial charge in [0, 0.05) is 69.3 Å². The first-order chi connectivity index (χ1) is 51.8. The first kappa shape index (κ1) is 93.0. The highest BCUT2D eigenvalue weighted by molar-refractivity contribution is 7.99. The van der Waals surface area contributed by atoms with Crippen molar-refractivity contribution in [2.45, 2.75) is 239 Å². The molecule has 6 heterocycles. The minimum absolute atomic E-state index is 0.0463. The van der Waals surface area contributed by atoms with Gasteiger partial charge in [-0.1, -0.05) is 13.5 Å². The molecule has 19 unspecified atom stereocenters. The lowest BCUT2D eigenvalue weighted by molar-refractivity contribution is -0.461. The van der Waals surface area contributed by atoms with Gasteiger partial charge in [0.1, 0.15) is 118 Å². The zero-order valence-corrected chi connectivity index (χ0v) is 62.5. The third-order valence-electron chi connectivity index (χ3n) is 17.3. The number of ether oxygens (including phenoxy) is 15. The number of carbonyl (C=O) groups is 8. The Bertz CT molecular complexity index is 2870. The Kier molecular flexibility index (Phi) is 39.6. The highest BCUT2D eigenvalue weighted by atomic mass is 32.2. The van der Waals surface area contributed by atoms with Gasteiger partial charge in [-0.3, -0.25) is 19.2 Å². The lowest BCUT2D eigenvalue weighted by Gasteiger charge is -2.46. The van der Waals surface area contributed by atoms with Crippen molar-refractivity contribution in [1.82, 2.24) is 16.0 Å². The molecule has 0 aliphatic carbocycles. The van der Waals surface area contributed by atoms with Crippen LogP contribution in [0.15, 0.2) is 12.2 Å². The number of thioether (sulfide) groups is 1. The first-order valence-corrected chi connectivity index (χ1v) is 36.6. The van der Waals surface area contributed by atoms with Crippen LogP contribution in [0.2, 0.25) is 0 Å². The van der Waals surface area contributed by atoms with E-state index in [-0.39, 0.29) is 18.4 Å². The van der Waals surface area contributed by atoms with Crippen molar-refractivity contribution in [3.63, 3.8) is 0 Å². The van der Waals surface area contributed by atoms with Crippen LogP contribution >= 0.6 is 24.4 Å². The maximum absolute atomic E-state index is 14.2. The maximum atomic E-state index is 14.2. The summed E-state index contributed by atoms with van der Waals surface area (Å²) in [5.41, 5.74) is -0.0463. The Morgan fingerprint density at radius 3 is 1.40 bits per heavy atom. The van der Waals surface area contributed by atoms with E-state index in [1.54, 1.807) is 6.92 Å². The Balaban J connectivity index is 1.12. The van der Waals surface area contributed by atoms with Crippen LogP contribution in [0.1, 0.15) is 67.2 Å². The van der Waals surface area contributed by atoms with E-state index in [1.807, 2.05) is 0 Å². The Morgan fingerprint density at radius 2 is 0.954 bits per heavy atom. The summed E-state index contributed by atoms with van der Waals surface area (Å²) in [5.74, 6) is -6.96. The molecule has 0 aromatic carbocycles. The molecule has 43 nitrogen and oxygen atoms in total. The topological polar surface area (TPSA) is 589 Å². The summed E-state index contributed by atoms with van der Waals surface area (Å²) < 4.78 is 84.8. The summed E-state index contributed by atoms with van der Waals surface area (Å²) in [7, 11) is 1.18. The molecule has 0 spiro atoms. The van der Waals surface area contributed by atoms with Gasteiger partial charge >= 0.3 is 29.8 Å². The molecule has 0 bridgehead atoms. The lowest BCUT2D eigenvalue weighted by Crippen LogP contribution is -2.65. The summed E-state index contributed by atoms with van der Waals surface area (Å²) in [5, 5.41) is 128. The molecule has 6 rings (SSSR count). The highest BCUT2D eigenvalue weighted by Crippen LogP contribution is 2.37. The molecule has 6 saturated heterocycles. The van der Waals surface area contributed by atoms with Crippen molar-refractivity contribution in [2.75, 3.05) is 97.0 Å². The van der Waals surface area contributed by atoms with Gasteiger partial charge in [-0.25, -0.2) is 48.5 Å². The van der Waals surface area contributed by atoms with E-state index >= 15 is 0 Å². The van der Waals surface area contributed by atoms with Gasteiger partial charge < -0.3 is 143 Å². The first-order valence-electron chi connectivity index (χ1n) is 34.9. The van der Waals surface area contributed by atoms with Gasteiger partial charge in [0.05, 0.1) is 89.6 Å². The molecule has 0 radical (unpaired) electrons. The SMILES string of the molecule is C=C(C)C(=O)OCC(O)COC(=O)C1OC(OO[C@H]2C[C@H](NC(C)=O)[C@H](O[C@@H]3CC(O)C(C)OC3C(=O)OCC(O)COC(=O)C(C)CSCCOCCOCCS)OC2CO)C(O)C(O)[C@H]1OC1OC(CO)[C@@H](OOC2OC(C(=O)O)[C@H](O[C@@H]3O[C@@H](CO)C(OOC)C[C@@H]3NC(C)=O)C(O)C2O)CC1NC(C)=O. The van der Waals surface area contributed by atoms with Crippen molar-refractivity contribution in [3.05, 3.63) is 12.2 Å². The second-order valence-corrected chi connectivity index (χ2v) is 27.8. The van der Waals surface area contributed by atoms with Gasteiger partial charge in [0.15, 0.2) is 37.2 Å². The van der Waals surface area contributed by atoms with Crippen LogP contribution in [-0.2, 0) is 139 Å². The number of rotatable bonds is 43. The number of hydrogen-bond donors (Lipinski definition) is 15. The Hall–Kier alpha value is -4.88. The number of aliphatic hydroxyl groups excluding tert-OH is 10. The molecular formula is C64H103N3O40S2. The van der Waals surface area contributed by atoms with Gasteiger partial charge in [0.2, 0.25) is 30.3 Å². The molecule has 3 amide bonds. The number of nitrogens with one attached hydrogen (secondary N) is 3. The largest absolute Gasteiger partial charge is 0.479 e. The molecule has 0 aromatic rings. The molecular weight excluding hydrogens is 1510 g/mol. The molecule has 0 saturated carbocycles. The third-order valence-corrected chi connectivity index (χ3v) is 18.6. The number of carboxylic acids is 1. The number of carbonyl (C=O) groups excluding carboxylic acids is 7. The van der Waals surface area contributed by atoms with Crippen LogP contribution in [0.3, 0.4) is 0 Å². The summed E-state index contributed by atoms with van der Waals surface area (Å²) >= 11 is 5.53. The van der Waals surface area contributed by atoms with Gasteiger partial charge in [-0.15, -0.1) is 0 Å². The van der Waals surface area contributed by atoms with Crippen molar-refractivity contribution in [1.29, 1.82) is 0 Å². The quantitative estimate of drug-likeness (QED) is 0.00513. The summed E-state index contributed by atoms with van der Waals surface area (Å²) in [6, 6.07) is -3.88. The Morgan fingerprint density at radius 1 is 0.523 bits per heavy atom. The fourth-order valence-electron chi connectivity index (χ4n) is 11.7. The average Bonchev–Trinajstić information content (AvgIpc) is 0.786. The number of amides is 3. The van der Waals surface area contributed by atoms with Crippen molar-refractivity contribution >= 4 is 72.0 Å². The van der Waals surface area contributed by atoms with E-state index in [9.17, 15) is 94.5 Å². The van der Waals surface area contributed by atoms with Crippen LogP contribution in [0.25, 0.3) is 0 Å². The van der Waals surface area contributed by atoms with Crippen molar-refractivity contribution < 1.29 is 195 Å². The number of aliphatic carboxylic acids is 1. The molecule has 6 aliphatic heterocycles. The highest BCUT2D eigenvalue weighted by Gasteiger charge is 2.57. The summed E-state index contributed by atoms with van der Waals surface area (Å²) in [6.45, 7) is 7.44. The van der Waals surface area contributed by atoms with E-state index in [1.165, 1.54) is 32.7 Å². The fraction of sp³-hybridized carbons (Fsp3) is 0.844. The molecule has 626 valence electrons. The minimum Gasteiger partial charge on any atom is -0.479 e.